The van der Waals surface area contributed by atoms with Crippen LogP contribution in [0.4, 0.5) is 21.0 Å². The van der Waals surface area contributed by atoms with Crippen LogP contribution in [0.25, 0.3) is 0 Å². The van der Waals surface area contributed by atoms with Gasteiger partial charge >= 0.3 is 18.2 Å². The molecule has 4 amide bonds. The molecule has 0 bridgehead atoms. The number of hydrogen-bond donors (Lipinski definition) is 4. The van der Waals surface area contributed by atoms with E-state index in [1.807, 2.05) is 152 Å². The summed E-state index contributed by atoms with van der Waals surface area (Å²) in [4.78, 5) is 71.4. The number of benzene rings is 7. The molecular weight excluding hydrogens is 1100 g/mol. The van der Waals surface area contributed by atoms with Gasteiger partial charge in [-0.15, -0.1) is 0 Å². The molecule has 2 unspecified atom stereocenters. The van der Waals surface area contributed by atoms with Crippen molar-refractivity contribution >= 4 is 63.1 Å². The first-order chi connectivity index (χ1) is 41.1. The average molecular weight is 1170 g/mol. The molecule has 0 saturated carbocycles. The normalized spacial score (nSPS) is 16.2. The van der Waals surface area contributed by atoms with Crippen LogP contribution in [0.3, 0.4) is 0 Å². The first-order valence-electron chi connectivity index (χ1n) is 27.8. The lowest BCUT2D eigenvalue weighted by Crippen LogP contribution is -2.49. The predicted molar refractivity (Wildman–Crippen MR) is 322 cm³/mol. The summed E-state index contributed by atoms with van der Waals surface area (Å²) in [5.74, 6) is -2.06. The van der Waals surface area contributed by atoms with Crippen molar-refractivity contribution in [3.05, 3.63) is 239 Å². The molecule has 0 aliphatic carbocycles. The lowest BCUT2D eigenvalue weighted by atomic mass is 9.90. The molecule has 7 aromatic carbocycles. The Bertz CT molecular complexity index is 3450. The number of anilines is 2. The van der Waals surface area contributed by atoms with Crippen LogP contribution in [0.2, 0.25) is 0 Å². The van der Waals surface area contributed by atoms with Gasteiger partial charge < -0.3 is 29.7 Å². The first-order valence-corrected chi connectivity index (χ1v) is 29.6. The quantitative estimate of drug-likeness (QED) is 0.0185. The van der Waals surface area contributed by atoms with Crippen LogP contribution in [0.1, 0.15) is 57.2 Å². The third-order valence-corrected chi connectivity index (χ3v) is 15.1. The minimum Gasteiger partial charge on any atom is -0.461 e. The maximum absolute atomic E-state index is 13.4. The SMILES string of the molecule is CS(=O)(=O)OCC1CN(c2ccc(C(=N)NC(=O)C(c3ccccc3)c3ccccc3)cc2)C(=O)O1.N=C(NC(=O)C(c1ccccc1)c1ccccc1)c1ccc(N2CC(CN3CCN(CCC(=O)OCc4ccccc4)CC3)OC2=O)cc1. The third-order valence-electron chi connectivity index (χ3n) is 14.5. The zero-order valence-electron chi connectivity index (χ0n) is 46.8. The van der Waals surface area contributed by atoms with Gasteiger partial charge in [0.05, 0.1) is 37.6 Å². The molecule has 0 radical (unpaired) electrons. The number of amides is 4. The van der Waals surface area contributed by atoms with Crippen molar-refractivity contribution in [1.29, 1.82) is 10.8 Å². The van der Waals surface area contributed by atoms with Crippen molar-refractivity contribution in [3.8, 4) is 0 Å². The van der Waals surface area contributed by atoms with Crippen LogP contribution in [0.15, 0.2) is 200 Å². The number of rotatable bonds is 20. The third kappa shape index (κ3) is 16.9. The Balaban J connectivity index is 0.000000214. The molecule has 3 aliphatic heterocycles. The van der Waals surface area contributed by atoms with E-state index >= 15 is 0 Å². The monoisotopic (exact) mass is 1170 g/mol. The fourth-order valence-corrected chi connectivity index (χ4v) is 10.5. The fraction of sp³-hybridized carbons (Fsp3) is 0.246. The van der Waals surface area contributed by atoms with Gasteiger partial charge in [0, 0.05) is 61.8 Å². The van der Waals surface area contributed by atoms with Gasteiger partial charge in [-0.25, -0.2) is 9.59 Å². The highest BCUT2D eigenvalue weighted by molar-refractivity contribution is 7.86. The van der Waals surface area contributed by atoms with Gasteiger partial charge in [0.25, 0.3) is 10.1 Å². The summed E-state index contributed by atoms with van der Waals surface area (Å²) in [7, 11) is -3.65. The van der Waals surface area contributed by atoms with Gasteiger partial charge in [-0.3, -0.25) is 44.1 Å². The van der Waals surface area contributed by atoms with Crippen LogP contribution in [-0.2, 0) is 49.5 Å². The van der Waals surface area contributed by atoms with Crippen molar-refractivity contribution in [2.24, 2.45) is 0 Å². The number of nitrogens with zero attached hydrogens (tertiary/aromatic N) is 4. The minimum absolute atomic E-state index is 0.0153. The van der Waals surface area contributed by atoms with Crippen molar-refractivity contribution < 1.29 is 50.8 Å². The van der Waals surface area contributed by atoms with E-state index < -0.39 is 40.2 Å². The van der Waals surface area contributed by atoms with E-state index in [-0.39, 0.29) is 48.7 Å². The summed E-state index contributed by atoms with van der Waals surface area (Å²) in [6.07, 6.45) is -0.733. The lowest BCUT2D eigenvalue weighted by Gasteiger charge is -2.35. The van der Waals surface area contributed by atoms with E-state index in [1.165, 1.54) is 4.90 Å². The second kappa shape index (κ2) is 28.8. The second-order valence-electron chi connectivity index (χ2n) is 20.6. The summed E-state index contributed by atoms with van der Waals surface area (Å²) in [6, 6.07) is 60.9. The van der Waals surface area contributed by atoms with E-state index in [0.29, 0.717) is 55.2 Å². The highest BCUT2D eigenvalue weighted by atomic mass is 32.2. The molecule has 3 fully saturated rings. The highest BCUT2D eigenvalue weighted by Gasteiger charge is 2.36. The molecule has 4 N–H and O–H groups in total. The first kappa shape index (κ1) is 60.3. The Hall–Kier alpha value is -9.34. The Kier molecular flexibility index (Phi) is 20.4. The molecule has 7 aromatic rings. The topological polar surface area (TPSA) is 241 Å². The van der Waals surface area contributed by atoms with Crippen LogP contribution in [0.5, 0.6) is 0 Å². The smallest absolute Gasteiger partial charge is 0.414 e. The summed E-state index contributed by atoms with van der Waals surface area (Å²) >= 11 is 0. The molecule has 3 heterocycles. The Morgan fingerprint density at radius 2 is 0.918 bits per heavy atom. The van der Waals surface area contributed by atoms with Crippen LogP contribution >= 0.6 is 0 Å². The molecule has 10 rings (SSSR count). The number of cyclic esters (lactones) is 2. The standard InChI is InChI=1S/C39H41N5O5.C26H25N3O6S/c40-37(41-38(46)36(30-12-6-2-7-13-30)31-14-8-3-9-15-31)32-16-18-33(19-17-32)44-27-34(49-39(44)47)26-43-24-22-42(23-25-43)21-20-35(45)48-28-29-10-4-1-5-11-29;1-36(32,33)34-17-22-16-29(26(31)35-22)21-14-12-20(13-15-21)24(27)28-25(30)23(18-8-4-2-5-9-18)19-10-6-3-7-11-19/h1-19,34,36H,20-28H2,(H2,40,41,46);2-15,22-23H,16-17H2,1H3,(H2,27,28,30). The Labute approximate surface area is 494 Å². The molecule has 19 nitrogen and oxygen atoms in total. The maximum Gasteiger partial charge on any atom is 0.414 e. The average Bonchev–Trinajstić information content (AvgIpc) is 4.22. The van der Waals surface area contributed by atoms with Crippen molar-refractivity contribution in [2.75, 3.05) is 75.0 Å². The maximum atomic E-state index is 13.4. The zero-order valence-corrected chi connectivity index (χ0v) is 47.6. The number of nitrogens with one attached hydrogen (secondary N) is 4. The number of piperazine rings is 1. The summed E-state index contributed by atoms with van der Waals surface area (Å²) in [6.45, 7) is 5.18. The number of esters is 1. The summed E-state index contributed by atoms with van der Waals surface area (Å²) in [5.41, 5.74) is 6.45. The van der Waals surface area contributed by atoms with E-state index in [9.17, 15) is 32.4 Å². The fourth-order valence-electron chi connectivity index (χ4n) is 10.1. The van der Waals surface area contributed by atoms with E-state index in [2.05, 4.69) is 20.4 Å². The van der Waals surface area contributed by atoms with E-state index in [1.54, 1.807) is 53.4 Å². The number of ether oxygens (including phenoxy) is 3. The number of hydrogen-bond acceptors (Lipinski definition) is 15. The molecule has 438 valence electrons. The van der Waals surface area contributed by atoms with Crippen molar-refractivity contribution in [3.63, 3.8) is 0 Å². The Morgan fingerprint density at radius 3 is 1.33 bits per heavy atom. The predicted octanol–water partition coefficient (Wildman–Crippen LogP) is 8.30. The van der Waals surface area contributed by atoms with Crippen LogP contribution in [0, 0.1) is 10.8 Å². The van der Waals surface area contributed by atoms with E-state index in [0.717, 1.165) is 60.3 Å². The second-order valence-corrected chi connectivity index (χ2v) is 22.2. The van der Waals surface area contributed by atoms with E-state index in [4.69, 9.17) is 29.2 Å². The van der Waals surface area contributed by atoms with Crippen LogP contribution < -0.4 is 20.4 Å². The van der Waals surface area contributed by atoms with Crippen molar-refractivity contribution in [2.45, 2.75) is 37.1 Å². The highest BCUT2D eigenvalue weighted by Crippen LogP contribution is 2.29. The number of amidine groups is 2. The largest absolute Gasteiger partial charge is 0.461 e. The number of carbonyl (C=O) groups excluding carboxylic acids is 5. The molecule has 85 heavy (non-hydrogen) atoms. The summed E-state index contributed by atoms with van der Waals surface area (Å²) in [5, 5.41) is 22.5. The van der Waals surface area contributed by atoms with Gasteiger partial charge in [-0.1, -0.05) is 152 Å². The molecular formula is C65H66N8O11S. The molecule has 2 atom stereocenters. The lowest BCUT2D eigenvalue weighted by molar-refractivity contribution is -0.145. The van der Waals surface area contributed by atoms with Gasteiger partial charge in [0.2, 0.25) is 11.8 Å². The Morgan fingerprint density at radius 1 is 0.541 bits per heavy atom. The minimum atomic E-state index is -3.65. The number of carbonyl (C=O) groups is 5. The molecule has 20 heteroatoms. The van der Waals surface area contributed by atoms with Gasteiger partial charge in [-0.2, -0.15) is 8.42 Å². The van der Waals surface area contributed by atoms with Crippen LogP contribution in [-0.4, -0.2) is 137 Å². The van der Waals surface area contributed by atoms with Gasteiger partial charge in [0.1, 0.15) is 37.1 Å². The zero-order chi connectivity index (χ0) is 59.7. The molecule has 0 spiro atoms. The molecule has 3 saturated heterocycles. The van der Waals surface area contributed by atoms with Crippen molar-refractivity contribution in [1.82, 2.24) is 20.4 Å². The van der Waals surface area contributed by atoms with Gasteiger partial charge in [0.15, 0.2) is 0 Å². The summed E-state index contributed by atoms with van der Waals surface area (Å²) < 4.78 is 43.3. The van der Waals surface area contributed by atoms with Gasteiger partial charge in [-0.05, 0) is 76.3 Å². The molecule has 3 aliphatic rings. The molecule has 0 aromatic heterocycles.